The molecule has 0 aromatic heterocycles. The average molecular weight is 409 g/mol. The highest BCUT2D eigenvalue weighted by atomic mass is 79.9. The molecule has 0 atom stereocenters. The lowest BCUT2D eigenvalue weighted by Gasteiger charge is -2.08. The number of rotatable bonds is 3. The molecule has 0 saturated heterocycles. The van der Waals surface area contributed by atoms with E-state index in [1.165, 1.54) is 0 Å². The van der Waals surface area contributed by atoms with E-state index in [2.05, 4.69) is 31.8 Å². The first-order chi connectivity index (χ1) is 11.4. The van der Waals surface area contributed by atoms with E-state index in [1.54, 1.807) is 32.0 Å². The molecule has 0 radical (unpaired) electrons. The summed E-state index contributed by atoms with van der Waals surface area (Å²) in [5, 5.41) is 6.96. The van der Waals surface area contributed by atoms with Crippen molar-refractivity contribution in [2.75, 3.05) is 5.32 Å². The zero-order valence-corrected chi connectivity index (χ0v) is 15.4. The van der Waals surface area contributed by atoms with E-state index < -0.39 is 11.8 Å². The predicted octanol–water partition coefficient (Wildman–Crippen LogP) is 3.89. The Morgan fingerprint density at radius 1 is 1.08 bits per heavy atom. The number of hydrogen-bond donors (Lipinski definition) is 2. The van der Waals surface area contributed by atoms with Crippen molar-refractivity contribution < 1.29 is 9.59 Å². The molecule has 2 rings (SSSR count). The summed E-state index contributed by atoms with van der Waals surface area (Å²) >= 11 is 9.33. The number of amides is 2. The third-order valence-corrected chi connectivity index (χ3v) is 4.25. The topological polar surface area (TPSA) is 70.6 Å². The van der Waals surface area contributed by atoms with E-state index in [-0.39, 0.29) is 0 Å². The van der Waals surface area contributed by atoms with Gasteiger partial charge in [-0.1, -0.05) is 45.7 Å². The highest BCUT2D eigenvalue weighted by Gasteiger charge is 2.15. The zero-order valence-electron chi connectivity index (χ0n) is 13.1. The monoisotopic (exact) mass is 407 g/mol. The average Bonchev–Trinajstić information content (AvgIpc) is 2.57. The maximum Gasteiger partial charge on any atom is 0.329 e. The van der Waals surface area contributed by atoms with Crippen molar-refractivity contribution in [2.24, 2.45) is 5.10 Å². The van der Waals surface area contributed by atoms with Gasteiger partial charge in [-0.15, -0.1) is 0 Å². The zero-order chi connectivity index (χ0) is 17.7. The number of benzene rings is 2. The van der Waals surface area contributed by atoms with Gasteiger partial charge >= 0.3 is 11.8 Å². The van der Waals surface area contributed by atoms with Gasteiger partial charge in [0.25, 0.3) is 0 Å². The van der Waals surface area contributed by atoms with Crippen LogP contribution in [0.2, 0.25) is 5.02 Å². The second kappa shape index (κ2) is 8.08. The lowest BCUT2D eigenvalue weighted by molar-refractivity contribution is -0.136. The molecule has 0 fully saturated rings. The molecule has 7 heteroatoms. The van der Waals surface area contributed by atoms with Gasteiger partial charge in [-0.3, -0.25) is 9.59 Å². The highest BCUT2D eigenvalue weighted by molar-refractivity contribution is 9.10. The van der Waals surface area contributed by atoms with Crippen LogP contribution in [-0.2, 0) is 9.59 Å². The highest BCUT2D eigenvalue weighted by Crippen LogP contribution is 2.22. The number of nitrogens with zero attached hydrogens (tertiary/aromatic N) is 1. The van der Waals surface area contributed by atoms with Crippen molar-refractivity contribution >= 4 is 50.7 Å². The molecule has 2 amide bonds. The Kier molecular flexibility index (Phi) is 6.11. The number of carbonyl (C=O) groups excluding carboxylic acids is 2. The van der Waals surface area contributed by atoms with Crippen LogP contribution in [0, 0.1) is 6.92 Å². The summed E-state index contributed by atoms with van der Waals surface area (Å²) in [7, 11) is 0. The molecule has 0 bridgehead atoms. The van der Waals surface area contributed by atoms with Gasteiger partial charge in [0.15, 0.2) is 0 Å². The fourth-order valence-corrected chi connectivity index (χ4v) is 2.30. The molecule has 0 unspecified atom stereocenters. The largest absolute Gasteiger partial charge is 0.329 e. The van der Waals surface area contributed by atoms with Crippen LogP contribution in [0.25, 0.3) is 0 Å². The molecule has 5 nitrogen and oxygen atoms in total. The van der Waals surface area contributed by atoms with Gasteiger partial charge in [-0.2, -0.15) is 5.10 Å². The molecule has 0 spiro atoms. The van der Waals surface area contributed by atoms with Gasteiger partial charge in [-0.05, 0) is 49.2 Å². The number of anilines is 1. The van der Waals surface area contributed by atoms with E-state index >= 15 is 0 Å². The predicted molar refractivity (Wildman–Crippen MR) is 99.3 cm³/mol. The number of hydrazone groups is 1. The van der Waals surface area contributed by atoms with Gasteiger partial charge in [-0.25, -0.2) is 5.43 Å². The van der Waals surface area contributed by atoms with Gasteiger partial charge < -0.3 is 5.32 Å². The number of nitrogens with one attached hydrogen (secondary N) is 2. The van der Waals surface area contributed by atoms with Crippen molar-refractivity contribution in [3.05, 3.63) is 63.1 Å². The molecular weight excluding hydrogens is 394 g/mol. The molecule has 0 heterocycles. The van der Waals surface area contributed by atoms with E-state index in [1.807, 2.05) is 24.3 Å². The van der Waals surface area contributed by atoms with Gasteiger partial charge in [0.1, 0.15) is 0 Å². The quantitative estimate of drug-likeness (QED) is 0.459. The number of carbonyl (C=O) groups is 2. The SMILES string of the molecule is C/C(=N\NC(=O)C(=O)Nc1cccc(Cl)c1C)c1ccc(Br)cc1. The van der Waals surface area contributed by atoms with Crippen molar-refractivity contribution in [3.63, 3.8) is 0 Å². The van der Waals surface area contributed by atoms with Crippen LogP contribution in [0.15, 0.2) is 52.0 Å². The minimum atomic E-state index is -0.856. The second-order valence-corrected chi connectivity index (χ2v) is 6.33. The first-order valence-electron chi connectivity index (χ1n) is 7.05. The maximum absolute atomic E-state index is 11.9. The Hall–Kier alpha value is -2.18. The molecule has 0 aliphatic heterocycles. The van der Waals surface area contributed by atoms with Crippen LogP contribution < -0.4 is 10.7 Å². The van der Waals surface area contributed by atoms with Crippen molar-refractivity contribution in [2.45, 2.75) is 13.8 Å². The lowest BCUT2D eigenvalue weighted by atomic mass is 10.1. The molecule has 2 aromatic rings. The van der Waals surface area contributed by atoms with Gasteiger partial charge in [0, 0.05) is 15.2 Å². The molecule has 24 heavy (non-hydrogen) atoms. The lowest BCUT2D eigenvalue weighted by Crippen LogP contribution is -2.33. The molecule has 0 saturated carbocycles. The third-order valence-electron chi connectivity index (χ3n) is 3.31. The maximum atomic E-state index is 11.9. The molecular formula is C17H15BrClN3O2. The summed E-state index contributed by atoms with van der Waals surface area (Å²) in [5.74, 6) is -1.67. The van der Waals surface area contributed by atoms with E-state index in [0.29, 0.717) is 22.0 Å². The molecule has 0 aliphatic carbocycles. The number of hydrogen-bond acceptors (Lipinski definition) is 3. The Morgan fingerprint density at radius 3 is 2.42 bits per heavy atom. The van der Waals surface area contributed by atoms with Crippen molar-refractivity contribution in [1.82, 2.24) is 5.43 Å². The normalized spacial score (nSPS) is 11.1. The summed E-state index contributed by atoms with van der Waals surface area (Å²) in [6.45, 7) is 3.49. The Morgan fingerprint density at radius 2 is 1.75 bits per heavy atom. The van der Waals surface area contributed by atoms with E-state index in [0.717, 1.165) is 10.0 Å². The Balaban J connectivity index is 2.01. The molecule has 124 valence electrons. The fraction of sp³-hybridized carbons (Fsp3) is 0.118. The fourth-order valence-electron chi connectivity index (χ4n) is 1.86. The van der Waals surface area contributed by atoms with Crippen molar-refractivity contribution in [1.29, 1.82) is 0 Å². The van der Waals surface area contributed by atoms with E-state index in [4.69, 9.17) is 11.6 Å². The van der Waals surface area contributed by atoms with Gasteiger partial charge in [0.05, 0.1) is 5.71 Å². The molecule has 0 aliphatic rings. The summed E-state index contributed by atoms with van der Waals surface area (Å²) in [6, 6.07) is 12.5. The first-order valence-corrected chi connectivity index (χ1v) is 8.22. The van der Waals surface area contributed by atoms with Crippen LogP contribution in [0.3, 0.4) is 0 Å². The Labute approximate surface area is 153 Å². The summed E-state index contributed by atoms with van der Waals surface area (Å²) in [4.78, 5) is 23.8. The third kappa shape index (κ3) is 4.66. The minimum Gasteiger partial charge on any atom is -0.317 e. The van der Waals surface area contributed by atoms with Crippen LogP contribution in [-0.4, -0.2) is 17.5 Å². The smallest absolute Gasteiger partial charge is 0.317 e. The van der Waals surface area contributed by atoms with Crippen LogP contribution >= 0.6 is 27.5 Å². The first kappa shape index (κ1) is 18.2. The van der Waals surface area contributed by atoms with Gasteiger partial charge in [0.2, 0.25) is 0 Å². The summed E-state index contributed by atoms with van der Waals surface area (Å²) < 4.78 is 0.944. The molecule has 2 N–H and O–H groups in total. The molecule has 2 aromatic carbocycles. The van der Waals surface area contributed by atoms with Crippen LogP contribution in [0.5, 0.6) is 0 Å². The summed E-state index contributed by atoms with van der Waals surface area (Å²) in [6.07, 6.45) is 0. The van der Waals surface area contributed by atoms with Crippen LogP contribution in [0.1, 0.15) is 18.1 Å². The second-order valence-electron chi connectivity index (χ2n) is 5.01. The summed E-state index contributed by atoms with van der Waals surface area (Å²) in [5.41, 5.74) is 4.84. The minimum absolute atomic E-state index is 0.483. The van der Waals surface area contributed by atoms with Crippen LogP contribution in [0.4, 0.5) is 5.69 Å². The Bertz CT molecular complexity index is 804. The van der Waals surface area contributed by atoms with E-state index in [9.17, 15) is 9.59 Å². The standard InChI is InChI=1S/C17H15BrClN3O2/c1-10-14(19)4-3-5-15(10)20-16(23)17(24)22-21-11(2)12-6-8-13(18)9-7-12/h3-9H,1-2H3,(H,20,23)(H,22,24)/b21-11+. The number of halogens is 2. The van der Waals surface area contributed by atoms with Crippen molar-refractivity contribution in [3.8, 4) is 0 Å².